The molecule has 0 aromatic heterocycles. The molecule has 0 saturated carbocycles. The third kappa shape index (κ3) is 4.97. The predicted molar refractivity (Wildman–Crippen MR) is 74.1 cm³/mol. The van der Waals surface area contributed by atoms with Gasteiger partial charge >= 0.3 is 12.4 Å². The summed E-state index contributed by atoms with van der Waals surface area (Å²) in [7, 11) is 0. The lowest BCUT2D eigenvalue weighted by Gasteiger charge is -2.19. The molecule has 1 aromatic rings. The van der Waals surface area contributed by atoms with Gasteiger partial charge in [0, 0.05) is 11.5 Å². The number of rotatable bonds is 6. The van der Waals surface area contributed by atoms with Crippen LogP contribution < -0.4 is 0 Å². The number of unbranched alkanes of at least 4 members (excludes halogenated alkanes) is 1. The summed E-state index contributed by atoms with van der Waals surface area (Å²) in [6.45, 7) is 3.56. The number of ketones is 1. The van der Waals surface area contributed by atoms with Gasteiger partial charge in [-0.2, -0.15) is 26.3 Å². The zero-order valence-electron chi connectivity index (χ0n) is 12.8. The summed E-state index contributed by atoms with van der Waals surface area (Å²) < 4.78 is 77.1. The van der Waals surface area contributed by atoms with Crippen LogP contribution in [0.1, 0.15) is 61.0 Å². The number of benzene rings is 1. The SMILES string of the molecule is CCCCC(CC)C(=O)c1ccc(C(F)(F)F)cc1C(F)(F)F. The Labute approximate surface area is 130 Å². The summed E-state index contributed by atoms with van der Waals surface area (Å²) in [4.78, 5) is 12.3. The maximum Gasteiger partial charge on any atom is 0.417 e. The minimum absolute atomic E-state index is 0.0137. The molecule has 0 fully saturated rings. The van der Waals surface area contributed by atoms with Crippen molar-refractivity contribution in [1.82, 2.24) is 0 Å². The first-order chi connectivity index (χ1) is 10.5. The van der Waals surface area contributed by atoms with Crippen molar-refractivity contribution in [2.45, 2.75) is 51.9 Å². The van der Waals surface area contributed by atoms with Crippen LogP contribution in [0.5, 0.6) is 0 Å². The Bertz CT molecular complexity index is 544. The molecule has 0 aliphatic carbocycles. The van der Waals surface area contributed by atoms with Crippen molar-refractivity contribution in [3.05, 3.63) is 34.9 Å². The van der Waals surface area contributed by atoms with Crippen molar-refractivity contribution in [2.24, 2.45) is 5.92 Å². The number of hydrogen-bond acceptors (Lipinski definition) is 1. The second kappa shape index (κ2) is 7.36. The van der Waals surface area contributed by atoms with E-state index in [-0.39, 0.29) is 6.07 Å². The standard InChI is InChI=1S/C16H18F6O/c1-3-5-6-10(4-2)14(23)12-8-7-11(15(17,18)19)9-13(12)16(20,21)22/h7-10H,3-6H2,1-2H3. The summed E-state index contributed by atoms with van der Waals surface area (Å²) in [5, 5.41) is 0. The molecular weight excluding hydrogens is 322 g/mol. The minimum atomic E-state index is -5.02. The van der Waals surface area contributed by atoms with Crippen LogP contribution in [0.4, 0.5) is 26.3 Å². The molecule has 0 N–H and O–H groups in total. The monoisotopic (exact) mass is 340 g/mol. The molecule has 0 heterocycles. The topological polar surface area (TPSA) is 17.1 Å². The molecule has 0 amide bonds. The Hall–Kier alpha value is -1.53. The van der Waals surface area contributed by atoms with Gasteiger partial charge in [-0.1, -0.05) is 32.8 Å². The second-order valence-corrected chi connectivity index (χ2v) is 5.37. The number of carbonyl (C=O) groups excluding carboxylic acids is 1. The van der Waals surface area contributed by atoms with Gasteiger partial charge in [0.05, 0.1) is 11.1 Å². The zero-order valence-corrected chi connectivity index (χ0v) is 12.8. The lowest BCUT2D eigenvalue weighted by molar-refractivity contribution is -0.143. The fourth-order valence-electron chi connectivity index (χ4n) is 2.36. The van der Waals surface area contributed by atoms with Crippen LogP contribution in [0, 0.1) is 5.92 Å². The smallest absolute Gasteiger partial charge is 0.294 e. The highest BCUT2D eigenvalue weighted by atomic mass is 19.4. The zero-order chi connectivity index (χ0) is 17.8. The normalized spacial score (nSPS) is 13.9. The van der Waals surface area contributed by atoms with E-state index in [1.807, 2.05) is 6.92 Å². The van der Waals surface area contributed by atoms with Crippen LogP contribution in [0.25, 0.3) is 0 Å². The van der Waals surface area contributed by atoms with Crippen LogP contribution in [0.3, 0.4) is 0 Å². The van der Waals surface area contributed by atoms with Gasteiger partial charge in [0.25, 0.3) is 0 Å². The molecule has 130 valence electrons. The minimum Gasteiger partial charge on any atom is -0.294 e. The number of hydrogen-bond donors (Lipinski definition) is 0. The van der Waals surface area contributed by atoms with Gasteiger partial charge in [-0.05, 0) is 25.0 Å². The first-order valence-corrected chi connectivity index (χ1v) is 7.35. The first kappa shape index (κ1) is 19.5. The van der Waals surface area contributed by atoms with Gasteiger partial charge in [-0.15, -0.1) is 0 Å². The van der Waals surface area contributed by atoms with E-state index in [4.69, 9.17) is 0 Å². The fourth-order valence-corrected chi connectivity index (χ4v) is 2.36. The second-order valence-electron chi connectivity index (χ2n) is 5.37. The van der Waals surface area contributed by atoms with Gasteiger partial charge in [-0.3, -0.25) is 4.79 Å². The van der Waals surface area contributed by atoms with Crippen molar-refractivity contribution < 1.29 is 31.1 Å². The lowest BCUT2D eigenvalue weighted by Crippen LogP contribution is -2.21. The molecule has 1 atom stereocenters. The number of halogens is 6. The third-order valence-electron chi connectivity index (χ3n) is 3.69. The van der Waals surface area contributed by atoms with Gasteiger partial charge in [0.1, 0.15) is 0 Å². The number of Topliss-reactive ketones (excluding diaryl/α,β-unsaturated/α-hetero) is 1. The molecule has 7 heteroatoms. The summed E-state index contributed by atoms with van der Waals surface area (Å²) in [6, 6.07) is 1.18. The molecule has 0 aliphatic heterocycles. The Morgan fingerprint density at radius 3 is 2.09 bits per heavy atom. The molecular formula is C16H18F6O. The summed E-state index contributed by atoms with van der Waals surface area (Å²) >= 11 is 0. The van der Waals surface area contributed by atoms with E-state index in [0.29, 0.717) is 31.4 Å². The van der Waals surface area contributed by atoms with Crippen LogP contribution in [0.15, 0.2) is 18.2 Å². The van der Waals surface area contributed by atoms with Crippen LogP contribution in [-0.4, -0.2) is 5.78 Å². The fraction of sp³-hybridized carbons (Fsp3) is 0.562. The molecule has 0 spiro atoms. The Morgan fingerprint density at radius 1 is 1.04 bits per heavy atom. The highest BCUT2D eigenvalue weighted by Gasteiger charge is 2.40. The lowest BCUT2D eigenvalue weighted by atomic mass is 9.87. The molecule has 0 aliphatic rings. The highest BCUT2D eigenvalue weighted by Crippen LogP contribution is 2.38. The van der Waals surface area contributed by atoms with E-state index in [2.05, 4.69) is 0 Å². The molecule has 1 rings (SSSR count). The van der Waals surface area contributed by atoms with E-state index >= 15 is 0 Å². The molecule has 0 saturated heterocycles. The summed E-state index contributed by atoms with van der Waals surface area (Å²) in [6.07, 6.45) is -7.69. The third-order valence-corrected chi connectivity index (χ3v) is 3.69. The van der Waals surface area contributed by atoms with Crippen molar-refractivity contribution in [1.29, 1.82) is 0 Å². The molecule has 1 nitrogen and oxygen atoms in total. The Kier molecular flexibility index (Phi) is 6.25. The predicted octanol–water partition coefficient (Wildman–Crippen LogP) is 6.12. The number of alkyl halides is 6. The summed E-state index contributed by atoms with van der Waals surface area (Å²) in [5.74, 6) is -1.37. The van der Waals surface area contributed by atoms with Crippen LogP contribution in [0.2, 0.25) is 0 Å². The Balaban J connectivity index is 3.32. The molecule has 0 radical (unpaired) electrons. The van der Waals surface area contributed by atoms with Gasteiger partial charge in [0.15, 0.2) is 5.78 Å². The van der Waals surface area contributed by atoms with Gasteiger partial charge in [0.2, 0.25) is 0 Å². The van der Waals surface area contributed by atoms with E-state index in [1.165, 1.54) is 0 Å². The van der Waals surface area contributed by atoms with E-state index in [0.717, 1.165) is 6.42 Å². The van der Waals surface area contributed by atoms with Crippen molar-refractivity contribution >= 4 is 5.78 Å². The maximum absolute atomic E-state index is 13.1. The Morgan fingerprint density at radius 2 is 1.65 bits per heavy atom. The van der Waals surface area contributed by atoms with Crippen molar-refractivity contribution in [3.63, 3.8) is 0 Å². The van der Waals surface area contributed by atoms with Crippen molar-refractivity contribution in [2.75, 3.05) is 0 Å². The maximum atomic E-state index is 13.1. The molecule has 23 heavy (non-hydrogen) atoms. The van der Waals surface area contributed by atoms with Crippen LogP contribution >= 0.6 is 0 Å². The average molecular weight is 340 g/mol. The van der Waals surface area contributed by atoms with E-state index < -0.39 is 40.7 Å². The highest BCUT2D eigenvalue weighted by molar-refractivity contribution is 5.99. The molecule has 1 aromatic carbocycles. The largest absolute Gasteiger partial charge is 0.417 e. The van der Waals surface area contributed by atoms with Gasteiger partial charge < -0.3 is 0 Å². The summed E-state index contributed by atoms with van der Waals surface area (Å²) in [5.41, 5.74) is -3.62. The molecule has 0 bridgehead atoms. The van der Waals surface area contributed by atoms with E-state index in [9.17, 15) is 31.1 Å². The quantitative estimate of drug-likeness (QED) is 0.450. The van der Waals surface area contributed by atoms with E-state index in [1.54, 1.807) is 6.92 Å². The molecule has 1 unspecified atom stereocenters. The van der Waals surface area contributed by atoms with Crippen molar-refractivity contribution in [3.8, 4) is 0 Å². The van der Waals surface area contributed by atoms with Crippen LogP contribution in [-0.2, 0) is 12.4 Å². The average Bonchev–Trinajstić information content (AvgIpc) is 2.45. The van der Waals surface area contributed by atoms with Gasteiger partial charge in [-0.25, -0.2) is 0 Å². The number of carbonyl (C=O) groups is 1. The first-order valence-electron chi connectivity index (χ1n) is 7.35.